The van der Waals surface area contributed by atoms with E-state index in [1.54, 1.807) is 0 Å². The van der Waals surface area contributed by atoms with Gasteiger partial charge in [-0.15, -0.1) is 0 Å². The zero-order valence-electron chi connectivity index (χ0n) is 11.2. The van der Waals surface area contributed by atoms with Crippen LogP contribution in [0.2, 0.25) is 0 Å². The summed E-state index contributed by atoms with van der Waals surface area (Å²) in [7, 11) is 0. The summed E-state index contributed by atoms with van der Waals surface area (Å²) < 4.78 is 0. The third-order valence-corrected chi connectivity index (χ3v) is 3.44. The number of hydrogen-bond donors (Lipinski definition) is 2. The Labute approximate surface area is 110 Å². The van der Waals surface area contributed by atoms with E-state index < -0.39 is 0 Å². The molecule has 1 fully saturated rings. The van der Waals surface area contributed by atoms with Crippen LogP contribution in [-0.4, -0.2) is 25.0 Å². The van der Waals surface area contributed by atoms with E-state index in [1.165, 1.54) is 5.56 Å². The van der Waals surface area contributed by atoms with Crippen LogP contribution in [0.1, 0.15) is 38.7 Å². The zero-order valence-corrected chi connectivity index (χ0v) is 11.2. The summed E-state index contributed by atoms with van der Waals surface area (Å²) in [5.41, 5.74) is 2.40. The first-order valence-corrected chi connectivity index (χ1v) is 6.74. The topological polar surface area (TPSA) is 41.1 Å². The summed E-state index contributed by atoms with van der Waals surface area (Å²) in [6.45, 7) is 6.26. The molecule has 2 N–H and O–H groups in total. The van der Waals surface area contributed by atoms with Gasteiger partial charge in [-0.3, -0.25) is 4.79 Å². The monoisotopic (exact) mass is 248 g/mol. The van der Waals surface area contributed by atoms with Crippen LogP contribution in [0.3, 0.4) is 0 Å². The molecule has 1 aromatic carbocycles. The Morgan fingerprint density at radius 1 is 1.44 bits per heavy atom. The normalized spacial score (nSPS) is 19.2. The Morgan fingerprint density at radius 3 is 2.72 bits per heavy atom. The molecule has 18 heavy (non-hydrogen) atoms. The Kier molecular flexibility index (Phi) is 4.37. The number of amides is 1. The van der Waals surface area contributed by atoms with Crippen LogP contribution in [0.5, 0.6) is 0 Å². The maximum Gasteiger partial charge on any atom is 0.224 e. The molecule has 0 aromatic heterocycles. The van der Waals surface area contributed by atoms with Crippen molar-refractivity contribution in [2.45, 2.75) is 38.6 Å². The van der Waals surface area contributed by atoms with E-state index in [0.717, 1.165) is 25.1 Å². The number of hydrogen-bond acceptors (Lipinski definition) is 2. The zero-order chi connectivity index (χ0) is 13.0. The van der Waals surface area contributed by atoms with Gasteiger partial charge in [-0.1, -0.05) is 38.1 Å². The molecule has 3 heteroatoms. The molecule has 3 nitrogen and oxygen atoms in total. The highest BCUT2D eigenvalue weighted by Gasteiger charge is 2.16. The van der Waals surface area contributed by atoms with Crippen molar-refractivity contribution >= 4 is 5.91 Å². The number of carbonyl (C=O) groups excluding carboxylic acids is 1. The van der Waals surface area contributed by atoms with E-state index in [-0.39, 0.29) is 7.33 Å². The van der Waals surface area contributed by atoms with Gasteiger partial charge >= 0.3 is 0 Å². The molecule has 0 spiro atoms. The first kappa shape index (κ1) is 13.1. The molecule has 1 amide bonds. The highest BCUT2D eigenvalue weighted by atomic mass is 16.1. The quantitative estimate of drug-likeness (QED) is 0.856. The highest BCUT2D eigenvalue weighted by Crippen LogP contribution is 2.14. The van der Waals surface area contributed by atoms with E-state index in [2.05, 4.69) is 48.7 Å². The fourth-order valence-electron chi connectivity index (χ4n) is 2.26. The molecule has 1 aromatic rings. The lowest BCUT2D eigenvalue weighted by Crippen LogP contribution is -2.37. The molecule has 0 radical (unpaired) electrons. The molecule has 0 bridgehead atoms. The minimum atomic E-state index is 0. The smallest absolute Gasteiger partial charge is 0.224 e. The first-order chi connectivity index (χ1) is 8.65. The van der Waals surface area contributed by atoms with Crippen LogP contribution in [0.4, 0.5) is 0 Å². The van der Waals surface area contributed by atoms with Crippen molar-refractivity contribution in [3.63, 3.8) is 0 Å². The third kappa shape index (κ3) is 3.57. The summed E-state index contributed by atoms with van der Waals surface area (Å²) in [6, 6.07) is 8.66. The van der Waals surface area contributed by atoms with Crippen LogP contribution in [-0.2, 0) is 11.2 Å². The van der Waals surface area contributed by atoms with E-state index in [9.17, 15) is 4.79 Å². The Hall–Kier alpha value is -1.35. The Bertz CT molecular complexity index is 397. The SMILES string of the molecule is CC(C)c1ccc(CC(=O)N[C@@H]2CCNC2)cc1.[HH]. The molecule has 1 saturated heterocycles. The van der Waals surface area contributed by atoms with E-state index in [0.29, 0.717) is 18.4 Å². The second kappa shape index (κ2) is 6.01. The van der Waals surface area contributed by atoms with Gasteiger partial charge in [0.15, 0.2) is 0 Å². The van der Waals surface area contributed by atoms with Gasteiger partial charge in [0.1, 0.15) is 0 Å². The van der Waals surface area contributed by atoms with Crippen molar-refractivity contribution in [3.8, 4) is 0 Å². The molecule has 1 aliphatic rings. The first-order valence-electron chi connectivity index (χ1n) is 6.74. The number of nitrogens with one attached hydrogen (secondary N) is 2. The molecule has 1 aliphatic heterocycles. The van der Waals surface area contributed by atoms with Gasteiger partial charge in [0.25, 0.3) is 0 Å². The van der Waals surface area contributed by atoms with Crippen LogP contribution >= 0.6 is 0 Å². The predicted molar refractivity (Wildman–Crippen MR) is 75.8 cm³/mol. The third-order valence-electron chi connectivity index (χ3n) is 3.44. The number of benzene rings is 1. The van der Waals surface area contributed by atoms with Crippen LogP contribution < -0.4 is 10.6 Å². The maximum atomic E-state index is 11.8. The average Bonchev–Trinajstić information content (AvgIpc) is 2.82. The van der Waals surface area contributed by atoms with Crippen molar-refractivity contribution in [3.05, 3.63) is 35.4 Å². The van der Waals surface area contributed by atoms with Gasteiger partial charge in [-0.2, -0.15) is 0 Å². The van der Waals surface area contributed by atoms with Crippen LogP contribution in [0, 0.1) is 0 Å². The molecule has 0 unspecified atom stereocenters. The van der Waals surface area contributed by atoms with Crippen molar-refractivity contribution in [1.29, 1.82) is 0 Å². The number of rotatable bonds is 4. The summed E-state index contributed by atoms with van der Waals surface area (Å²) in [6.07, 6.45) is 1.52. The minimum Gasteiger partial charge on any atom is -0.352 e. The van der Waals surface area contributed by atoms with Gasteiger partial charge in [0.05, 0.1) is 6.42 Å². The van der Waals surface area contributed by atoms with Crippen molar-refractivity contribution in [2.75, 3.05) is 13.1 Å². The molecule has 0 aliphatic carbocycles. The predicted octanol–water partition coefficient (Wildman–Crippen LogP) is 2.08. The Balaban J connectivity index is 0.00000180. The highest BCUT2D eigenvalue weighted by molar-refractivity contribution is 5.78. The van der Waals surface area contributed by atoms with Crippen molar-refractivity contribution in [1.82, 2.24) is 10.6 Å². The van der Waals surface area contributed by atoms with Crippen LogP contribution in [0.15, 0.2) is 24.3 Å². The second-order valence-electron chi connectivity index (χ2n) is 5.33. The summed E-state index contributed by atoms with van der Waals surface area (Å²) in [4.78, 5) is 11.8. The summed E-state index contributed by atoms with van der Waals surface area (Å²) in [5.74, 6) is 0.665. The standard InChI is InChI=1S/C15H22N2O.H2/c1-11(2)13-5-3-12(4-6-13)9-15(18)17-14-7-8-16-10-14;/h3-6,11,14,16H,7-10H2,1-2H3,(H,17,18);1H/t14-;/m1./s1. The van der Waals surface area contributed by atoms with Gasteiger partial charge in [-0.05, 0) is 30.0 Å². The molecule has 1 atom stereocenters. The Morgan fingerprint density at radius 2 is 2.17 bits per heavy atom. The fourth-order valence-corrected chi connectivity index (χ4v) is 2.26. The summed E-state index contributed by atoms with van der Waals surface area (Å²) in [5, 5.41) is 6.31. The fraction of sp³-hybridized carbons (Fsp3) is 0.533. The minimum absolute atomic E-state index is 0. The molecule has 0 saturated carbocycles. The van der Waals surface area contributed by atoms with Gasteiger partial charge < -0.3 is 10.6 Å². The lowest BCUT2D eigenvalue weighted by atomic mass is 10.0. The van der Waals surface area contributed by atoms with E-state index in [4.69, 9.17) is 0 Å². The summed E-state index contributed by atoms with van der Waals surface area (Å²) >= 11 is 0. The largest absolute Gasteiger partial charge is 0.352 e. The average molecular weight is 248 g/mol. The lowest BCUT2D eigenvalue weighted by molar-refractivity contribution is -0.121. The van der Waals surface area contributed by atoms with E-state index in [1.807, 2.05) is 0 Å². The maximum absolute atomic E-state index is 11.8. The number of carbonyl (C=O) groups is 1. The molecule has 100 valence electrons. The van der Waals surface area contributed by atoms with Gasteiger partial charge in [-0.25, -0.2) is 0 Å². The van der Waals surface area contributed by atoms with Crippen molar-refractivity contribution < 1.29 is 6.22 Å². The van der Waals surface area contributed by atoms with Gasteiger partial charge in [0, 0.05) is 14.0 Å². The van der Waals surface area contributed by atoms with Gasteiger partial charge in [0.2, 0.25) is 5.91 Å². The molecular formula is C15H24N2O. The second-order valence-corrected chi connectivity index (χ2v) is 5.33. The lowest BCUT2D eigenvalue weighted by Gasteiger charge is -2.11. The van der Waals surface area contributed by atoms with Crippen LogP contribution in [0.25, 0.3) is 0 Å². The van der Waals surface area contributed by atoms with E-state index >= 15 is 0 Å². The molecule has 2 rings (SSSR count). The molecule has 1 heterocycles. The molecular weight excluding hydrogens is 224 g/mol. The van der Waals surface area contributed by atoms with Crippen molar-refractivity contribution in [2.24, 2.45) is 0 Å².